The first kappa shape index (κ1) is 37.8. The van der Waals surface area contributed by atoms with Gasteiger partial charge in [0.15, 0.2) is 39.3 Å². The zero-order valence-corrected chi connectivity index (χ0v) is 25.2. The summed E-state index contributed by atoms with van der Waals surface area (Å²) in [4.78, 5) is 0. The summed E-state index contributed by atoms with van der Waals surface area (Å²) in [5.74, 6) is -4.70. The van der Waals surface area contributed by atoms with Crippen molar-refractivity contribution < 1.29 is 98.0 Å². The number of hydrogen-bond donors (Lipinski definition) is 1. The van der Waals surface area contributed by atoms with Gasteiger partial charge in [-0.2, -0.15) is 0 Å². The van der Waals surface area contributed by atoms with Crippen molar-refractivity contribution in [2.24, 2.45) is 11.1 Å². The van der Waals surface area contributed by atoms with Gasteiger partial charge in [-0.1, -0.05) is 26.3 Å². The third-order valence-electron chi connectivity index (χ3n) is 3.41. The molecule has 0 aliphatic carbocycles. The Kier molecular flexibility index (Phi) is 16.9. The minimum Gasteiger partial charge on any atom is -0.748 e. The standard InChI is InChI=1S/C13H20O8S4.C2H7NO3S.K/c1-5-22(14,15)9-13(10-23(16,17)6-2,11-24(18,19)7-3)12-25(20,21)8-4;3-1-2-7(4,5)6;/h5-8H,1-4,9-12H2;1-3H2,(H,4,5,6);/q;;+1/p-1. The number of rotatable bonds is 14. The number of hydrogen-bond acceptors (Lipinski definition) is 12. The monoisotopic (exact) mass is 595 g/mol. The second-order valence-electron chi connectivity index (χ2n) is 6.45. The predicted octanol–water partition coefficient (Wildman–Crippen LogP) is -4.30. The maximum Gasteiger partial charge on any atom is 1.00 e. The summed E-state index contributed by atoms with van der Waals surface area (Å²) in [6.07, 6.45) is 0. The molecule has 0 atom stereocenters. The molecule has 188 valence electrons. The fourth-order valence-electron chi connectivity index (χ4n) is 2.34. The van der Waals surface area contributed by atoms with E-state index in [0.717, 1.165) is 0 Å². The normalized spacial score (nSPS) is 12.9. The van der Waals surface area contributed by atoms with Gasteiger partial charge >= 0.3 is 51.4 Å². The van der Waals surface area contributed by atoms with E-state index in [0.29, 0.717) is 21.6 Å². The summed E-state index contributed by atoms with van der Waals surface area (Å²) in [6.45, 7) is 12.2. The number of sulfone groups is 4. The van der Waals surface area contributed by atoms with Gasteiger partial charge in [-0.25, -0.2) is 42.1 Å². The quantitative estimate of drug-likeness (QED) is 0.149. The van der Waals surface area contributed by atoms with E-state index in [1.54, 1.807) is 0 Å². The molecule has 0 bridgehead atoms. The topological polar surface area (TPSA) is 220 Å². The van der Waals surface area contributed by atoms with Crippen molar-refractivity contribution in [1.29, 1.82) is 0 Å². The minimum atomic E-state index is -4.15. The molecular weight excluding hydrogens is 570 g/mol. The maximum absolute atomic E-state index is 12.0. The summed E-state index contributed by atoms with van der Waals surface area (Å²) in [6, 6.07) is 0. The fourth-order valence-corrected chi connectivity index (χ4v) is 8.51. The molecule has 0 rings (SSSR count). The Hall–Kier alpha value is 0.266. The Morgan fingerprint density at radius 2 is 0.818 bits per heavy atom. The summed E-state index contributed by atoms with van der Waals surface area (Å²) < 4.78 is 124. The number of nitrogens with two attached hydrogens (primary N) is 1. The zero-order valence-electron chi connectivity index (χ0n) is 18.0. The molecule has 0 unspecified atom stereocenters. The van der Waals surface area contributed by atoms with Gasteiger partial charge in [0.05, 0.1) is 38.9 Å². The van der Waals surface area contributed by atoms with Crippen molar-refractivity contribution in [2.75, 3.05) is 35.3 Å². The Balaban J connectivity index is -0.000000969. The molecule has 0 aromatic rings. The van der Waals surface area contributed by atoms with E-state index in [2.05, 4.69) is 26.3 Å². The fraction of sp³-hybridized carbons (Fsp3) is 0.467. The zero-order chi connectivity index (χ0) is 26.1. The van der Waals surface area contributed by atoms with Gasteiger partial charge in [0.1, 0.15) is 0 Å². The van der Waals surface area contributed by atoms with E-state index < -0.39 is 83.6 Å². The molecule has 33 heavy (non-hydrogen) atoms. The summed E-state index contributed by atoms with van der Waals surface area (Å²) in [7, 11) is -20.7. The first-order valence-corrected chi connectivity index (χ1v) is 16.6. The van der Waals surface area contributed by atoms with Gasteiger partial charge in [-0.3, -0.25) is 0 Å². The van der Waals surface area contributed by atoms with Crippen LogP contribution in [-0.2, 0) is 49.5 Å². The van der Waals surface area contributed by atoms with E-state index in [-0.39, 0.29) is 57.9 Å². The van der Waals surface area contributed by atoms with Gasteiger partial charge in [0.2, 0.25) is 0 Å². The van der Waals surface area contributed by atoms with E-state index in [4.69, 9.17) is 5.73 Å². The average Bonchev–Trinajstić information content (AvgIpc) is 2.59. The Morgan fingerprint density at radius 3 is 0.909 bits per heavy atom. The van der Waals surface area contributed by atoms with Gasteiger partial charge in [-0.15, -0.1) is 0 Å². The second kappa shape index (κ2) is 14.7. The molecule has 0 saturated carbocycles. The molecule has 0 spiro atoms. The third kappa shape index (κ3) is 18.2. The van der Waals surface area contributed by atoms with Crippen LogP contribution in [0.1, 0.15) is 0 Å². The molecule has 0 heterocycles. The van der Waals surface area contributed by atoms with Crippen LogP contribution >= 0.6 is 0 Å². The molecule has 0 aromatic heterocycles. The third-order valence-corrected chi connectivity index (χ3v) is 10.2. The van der Waals surface area contributed by atoms with Gasteiger partial charge < -0.3 is 10.3 Å². The molecule has 18 heteroatoms. The molecule has 0 aromatic carbocycles. The van der Waals surface area contributed by atoms with Crippen molar-refractivity contribution in [3.63, 3.8) is 0 Å². The van der Waals surface area contributed by atoms with Crippen LogP contribution in [0.2, 0.25) is 0 Å². The van der Waals surface area contributed by atoms with E-state index >= 15 is 0 Å². The molecule has 0 saturated heterocycles. The molecule has 0 aliphatic heterocycles. The molecule has 0 amide bonds. The Bertz CT molecular complexity index is 1070. The molecule has 2 N–H and O–H groups in total. The van der Waals surface area contributed by atoms with Crippen LogP contribution in [0.15, 0.2) is 47.9 Å². The first-order chi connectivity index (χ1) is 14.1. The van der Waals surface area contributed by atoms with Gasteiger partial charge in [0.25, 0.3) is 0 Å². The maximum atomic E-state index is 12.0. The van der Waals surface area contributed by atoms with Crippen molar-refractivity contribution in [2.45, 2.75) is 0 Å². The Labute approximate surface area is 238 Å². The largest absolute Gasteiger partial charge is 1.00 e. The van der Waals surface area contributed by atoms with Gasteiger partial charge in [0, 0.05) is 33.6 Å². The first-order valence-electron chi connectivity index (χ1n) is 8.17. The average molecular weight is 596 g/mol. The van der Waals surface area contributed by atoms with Crippen LogP contribution in [-0.4, -0.2) is 82.0 Å². The summed E-state index contributed by atoms with van der Waals surface area (Å²) in [5.41, 5.74) is 2.54. The molecule has 0 radical (unpaired) electrons. The molecule has 12 nitrogen and oxygen atoms in total. The SMILES string of the molecule is C=CS(=O)(=O)CC(CS(=O)(=O)C=C)(CS(=O)(=O)C=C)CS(=O)(=O)C=C.NCCS(=O)(=O)[O-].[K+]. The van der Waals surface area contributed by atoms with Crippen LogP contribution < -0.4 is 57.1 Å². The minimum absolute atomic E-state index is 0. The van der Waals surface area contributed by atoms with E-state index in [1.165, 1.54) is 0 Å². The molecular formula is C15H26KNO11S5. The summed E-state index contributed by atoms with van der Waals surface area (Å²) >= 11 is 0. The molecule has 0 aliphatic rings. The van der Waals surface area contributed by atoms with E-state index in [9.17, 15) is 46.6 Å². The van der Waals surface area contributed by atoms with Crippen LogP contribution in [0.4, 0.5) is 0 Å². The van der Waals surface area contributed by atoms with Crippen molar-refractivity contribution in [3.05, 3.63) is 47.9 Å². The second-order valence-corrected chi connectivity index (χ2v) is 15.8. The predicted molar refractivity (Wildman–Crippen MR) is 122 cm³/mol. The summed E-state index contributed by atoms with van der Waals surface area (Å²) in [5, 5.41) is 2.01. The molecule has 0 fully saturated rings. The Morgan fingerprint density at radius 1 is 0.606 bits per heavy atom. The van der Waals surface area contributed by atoms with Crippen LogP contribution in [0.3, 0.4) is 0 Å². The smallest absolute Gasteiger partial charge is 0.748 e. The van der Waals surface area contributed by atoms with Crippen molar-refractivity contribution in [3.8, 4) is 0 Å². The van der Waals surface area contributed by atoms with Crippen LogP contribution in [0, 0.1) is 5.41 Å². The van der Waals surface area contributed by atoms with E-state index in [1.807, 2.05) is 0 Å². The van der Waals surface area contributed by atoms with Crippen molar-refractivity contribution >= 4 is 49.5 Å². The van der Waals surface area contributed by atoms with Crippen LogP contribution in [0.25, 0.3) is 0 Å². The van der Waals surface area contributed by atoms with Crippen molar-refractivity contribution in [1.82, 2.24) is 0 Å². The van der Waals surface area contributed by atoms with Gasteiger partial charge in [-0.05, 0) is 0 Å². The van der Waals surface area contributed by atoms with Crippen LogP contribution in [0.5, 0.6) is 0 Å².